The normalized spacial score (nSPS) is 13.5. The van der Waals surface area contributed by atoms with Gasteiger partial charge in [0.2, 0.25) is 11.8 Å². The Kier molecular flexibility index (Phi) is 5.87. The minimum absolute atomic E-state index is 0.0167. The second kappa shape index (κ2) is 8.30. The summed E-state index contributed by atoms with van der Waals surface area (Å²) in [7, 11) is 0. The maximum Gasteiger partial charge on any atom is 0.240 e. The number of nitrogens with zero attached hydrogens (tertiary/aromatic N) is 1. The van der Waals surface area contributed by atoms with E-state index in [0.29, 0.717) is 13.0 Å². The summed E-state index contributed by atoms with van der Waals surface area (Å²) < 4.78 is 1.07. The van der Waals surface area contributed by atoms with Crippen LogP contribution in [0.4, 0.5) is 5.69 Å². The SMILES string of the molecule is O=C(CN1C(=O)CCc2ccccc21)NCCCc1cccc(Br)c1. The maximum atomic E-state index is 12.2. The third-order valence-electron chi connectivity index (χ3n) is 4.35. The van der Waals surface area contributed by atoms with E-state index in [1.807, 2.05) is 36.4 Å². The third-order valence-corrected chi connectivity index (χ3v) is 4.84. The summed E-state index contributed by atoms with van der Waals surface area (Å²) in [6.45, 7) is 0.696. The summed E-state index contributed by atoms with van der Waals surface area (Å²) in [6, 6.07) is 16.0. The molecule has 0 spiro atoms. The predicted molar refractivity (Wildman–Crippen MR) is 103 cm³/mol. The van der Waals surface area contributed by atoms with Crippen LogP contribution in [0.3, 0.4) is 0 Å². The standard InChI is InChI=1S/C20H21BrN2O2/c21-17-8-3-5-15(13-17)6-4-12-22-19(24)14-23-18-9-2-1-7-16(18)10-11-20(23)25/h1-3,5,7-9,13H,4,6,10-12,14H2,(H,22,24). The number of para-hydroxylation sites is 1. The molecule has 2 aromatic rings. The molecule has 25 heavy (non-hydrogen) atoms. The Labute approximate surface area is 156 Å². The van der Waals surface area contributed by atoms with Crippen LogP contribution in [0.25, 0.3) is 0 Å². The van der Waals surface area contributed by atoms with Gasteiger partial charge >= 0.3 is 0 Å². The summed E-state index contributed by atoms with van der Waals surface area (Å²) >= 11 is 3.46. The molecule has 2 amide bonds. The van der Waals surface area contributed by atoms with Gasteiger partial charge in [-0.05, 0) is 48.6 Å². The monoisotopic (exact) mass is 400 g/mol. The van der Waals surface area contributed by atoms with Crippen molar-refractivity contribution in [2.75, 3.05) is 18.0 Å². The first-order valence-electron chi connectivity index (χ1n) is 8.53. The molecule has 0 atom stereocenters. The van der Waals surface area contributed by atoms with Crippen LogP contribution in [0.1, 0.15) is 24.0 Å². The topological polar surface area (TPSA) is 49.4 Å². The molecule has 0 radical (unpaired) electrons. The smallest absolute Gasteiger partial charge is 0.240 e. The summed E-state index contributed by atoms with van der Waals surface area (Å²) in [5, 5.41) is 2.92. The van der Waals surface area contributed by atoms with E-state index in [2.05, 4.69) is 33.4 Å². The number of hydrogen-bond donors (Lipinski definition) is 1. The van der Waals surface area contributed by atoms with Crippen LogP contribution in [0, 0.1) is 0 Å². The third kappa shape index (κ3) is 4.69. The number of aryl methyl sites for hydroxylation is 2. The first-order chi connectivity index (χ1) is 12.1. The second-order valence-electron chi connectivity index (χ2n) is 6.19. The molecule has 130 valence electrons. The van der Waals surface area contributed by atoms with E-state index in [0.717, 1.165) is 35.0 Å². The van der Waals surface area contributed by atoms with Gasteiger partial charge in [-0.2, -0.15) is 0 Å². The lowest BCUT2D eigenvalue weighted by molar-refractivity contribution is -0.124. The number of hydrogen-bond acceptors (Lipinski definition) is 2. The van der Waals surface area contributed by atoms with Gasteiger partial charge in [0.15, 0.2) is 0 Å². The number of fused-ring (bicyclic) bond motifs is 1. The number of carbonyl (C=O) groups excluding carboxylic acids is 2. The molecule has 0 unspecified atom stereocenters. The predicted octanol–water partition coefficient (Wildman–Crippen LogP) is 3.48. The fourth-order valence-corrected chi connectivity index (χ4v) is 3.53. The van der Waals surface area contributed by atoms with Crippen molar-refractivity contribution in [1.29, 1.82) is 0 Å². The average molecular weight is 401 g/mol. The molecule has 0 saturated carbocycles. The van der Waals surface area contributed by atoms with E-state index in [1.54, 1.807) is 4.90 Å². The van der Waals surface area contributed by atoms with Crippen molar-refractivity contribution in [2.24, 2.45) is 0 Å². The van der Waals surface area contributed by atoms with Crippen molar-refractivity contribution in [3.05, 3.63) is 64.1 Å². The van der Waals surface area contributed by atoms with Gasteiger partial charge in [0.05, 0.1) is 0 Å². The average Bonchev–Trinajstić information content (AvgIpc) is 2.61. The molecule has 2 aromatic carbocycles. The van der Waals surface area contributed by atoms with E-state index in [1.165, 1.54) is 5.56 Å². The van der Waals surface area contributed by atoms with Gasteiger partial charge in [-0.3, -0.25) is 9.59 Å². The van der Waals surface area contributed by atoms with Crippen molar-refractivity contribution in [2.45, 2.75) is 25.7 Å². The fraction of sp³-hybridized carbons (Fsp3) is 0.300. The first kappa shape index (κ1) is 17.7. The van der Waals surface area contributed by atoms with Crippen molar-refractivity contribution in [1.82, 2.24) is 5.32 Å². The minimum Gasteiger partial charge on any atom is -0.355 e. The lowest BCUT2D eigenvalue weighted by atomic mass is 10.0. The molecule has 4 nitrogen and oxygen atoms in total. The van der Waals surface area contributed by atoms with Gasteiger partial charge < -0.3 is 10.2 Å². The van der Waals surface area contributed by atoms with Gasteiger partial charge in [-0.15, -0.1) is 0 Å². The zero-order chi connectivity index (χ0) is 17.6. The molecule has 5 heteroatoms. The van der Waals surface area contributed by atoms with Gasteiger partial charge in [-0.25, -0.2) is 0 Å². The molecule has 0 aliphatic carbocycles. The van der Waals surface area contributed by atoms with Crippen molar-refractivity contribution in [3.8, 4) is 0 Å². The minimum atomic E-state index is -0.112. The van der Waals surface area contributed by atoms with Crippen LogP contribution in [0.15, 0.2) is 53.0 Å². The van der Waals surface area contributed by atoms with Gasteiger partial charge in [0.25, 0.3) is 0 Å². The number of anilines is 1. The van der Waals surface area contributed by atoms with E-state index in [-0.39, 0.29) is 18.4 Å². The van der Waals surface area contributed by atoms with E-state index >= 15 is 0 Å². The Morgan fingerprint density at radius 3 is 2.80 bits per heavy atom. The van der Waals surface area contributed by atoms with Gasteiger partial charge in [0, 0.05) is 23.1 Å². The van der Waals surface area contributed by atoms with Crippen LogP contribution in [-0.2, 0) is 22.4 Å². The highest BCUT2D eigenvalue weighted by Gasteiger charge is 2.25. The second-order valence-corrected chi connectivity index (χ2v) is 7.11. The highest BCUT2D eigenvalue weighted by atomic mass is 79.9. The largest absolute Gasteiger partial charge is 0.355 e. The number of benzene rings is 2. The van der Waals surface area contributed by atoms with Gasteiger partial charge in [0.1, 0.15) is 6.54 Å². The molecular weight excluding hydrogens is 380 g/mol. The zero-order valence-corrected chi connectivity index (χ0v) is 15.6. The number of nitrogens with one attached hydrogen (secondary N) is 1. The Balaban J connectivity index is 1.49. The van der Waals surface area contributed by atoms with E-state index in [4.69, 9.17) is 0 Å². The van der Waals surface area contributed by atoms with E-state index < -0.39 is 0 Å². The molecule has 0 fully saturated rings. The van der Waals surface area contributed by atoms with Crippen molar-refractivity contribution < 1.29 is 9.59 Å². The number of amides is 2. The number of rotatable bonds is 6. The van der Waals surface area contributed by atoms with Crippen LogP contribution < -0.4 is 10.2 Å². The molecule has 1 heterocycles. The highest BCUT2D eigenvalue weighted by Crippen LogP contribution is 2.27. The molecule has 1 aliphatic rings. The van der Waals surface area contributed by atoms with Gasteiger partial charge in [-0.1, -0.05) is 46.3 Å². The molecule has 1 N–H and O–H groups in total. The van der Waals surface area contributed by atoms with E-state index in [9.17, 15) is 9.59 Å². The Morgan fingerprint density at radius 2 is 1.96 bits per heavy atom. The van der Waals surface area contributed by atoms with Crippen LogP contribution in [0.2, 0.25) is 0 Å². The Hall–Kier alpha value is -2.14. The first-order valence-corrected chi connectivity index (χ1v) is 9.32. The molecule has 1 aliphatic heterocycles. The summed E-state index contributed by atoms with van der Waals surface area (Å²) in [6.07, 6.45) is 2.99. The Morgan fingerprint density at radius 1 is 1.12 bits per heavy atom. The number of halogens is 1. The zero-order valence-electron chi connectivity index (χ0n) is 14.0. The van der Waals surface area contributed by atoms with Crippen molar-refractivity contribution in [3.63, 3.8) is 0 Å². The van der Waals surface area contributed by atoms with Crippen molar-refractivity contribution >= 4 is 33.4 Å². The van der Waals surface area contributed by atoms with Crippen LogP contribution in [-0.4, -0.2) is 24.9 Å². The Bertz CT molecular complexity index is 776. The summed E-state index contributed by atoms with van der Waals surface area (Å²) in [5.41, 5.74) is 3.23. The summed E-state index contributed by atoms with van der Waals surface area (Å²) in [4.78, 5) is 26.0. The number of carbonyl (C=O) groups is 2. The maximum absolute atomic E-state index is 12.2. The lowest BCUT2D eigenvalue weighted by Gasteiger charge is -2.28. The fourth-order valence-electron chi connectivity index (χ4n) is 3.08. The lowest BCUT2D eigenvalue weighted by Crippen LogP contribution is -2.43. The summed E-state index contributed by atoms with van der Waals surface area (Å²) in [5.74, 6) is -0.0951. The van der Waals surface area contributed by atoms with Crippen LogP contribution in [0.5, 0.6) is 0 Å². The molecule has 0 aromatic heterocycles. The van der Waals surface area contributed by atoms with Crippen LogP contribution >= 0.6 is 15.9 Å². The molecule has 0 saturated heterocycles. The highest BCUT2D eigenvalue weighted by molar-refractivity contribution is 9.10. The molecule has 3 rings (SSSR count). The quantitative estimate of drug-likeness (QED) is 0.754. The molecular formula is C20H21BrN2O2. The molecule has 0 bridgehead atoms.